The van der Waals surface area contributed by atoms with Crippen molar-refractivity contribution in [2.45, 2.75) is 19.1 Å². The predicted octanol–water partition coefficient (Wildman–Crippen LogP) is 2.44. The van der Waals surface area contributed by atoms with Crippen molar-refractivity contribution in [3.05, 3.63) is 35.6 Å². The van der Waals surface area contributed by atoms with E-state index in [1.165, 1.54) is 12.1 Å². The molecule has 2 atom stereocenters. The van der Waals surface area contributed by atoms with Crippen LogP contribution in [0.5, 0.6) is 0 Å². The summed E-state index contributed by atoms with van der Waals surface area (Å²) in [6.07, 6.45) is -1.30. The van der Waals surface area contributed by atoms with E-state index in [0.29, 0.717) is 0 Å². The minimum Gasteiger partial charge on any atom is -0.314 e. The minimum atomic E-state index is -1.30. The molecule has 0 radical (unpaired) electrons. The van der Waals surface area contributed by atoms with Gasteiger partial charge < -0.3 is 5.32 Å². The lowest BCUT2D eigenvalue weighted by atomic mass is 10.0. The molecule has 3 heteroatoms. The molecule has 1 aromatic carbocycles. The van der Waals surface area contributed by atoms with E-state index in [1.807, 2.05) is 0 Å². The number of hydrogen-bond acceptors (Lipinski definition) is 1. The van der Waals surface area contributed by atoms with Crippen molar-refractivity contribution in [3.63, 3.8) is 0 Å². The first-order chi connectivity index (χ1) is 6.16. The van der Waals surface area contributed by atoms with E-state index in [4.69, 9.17) is 0 Å². The van der Waals surface area contributed by atoms with E-state index in [9.17, 15) is 8.78 Å². The molecule has 0 spiro atoms. The van der Waals surface area contributed by atoms with Crippen molar-refractivity contribution >= 4 is 0 Å². The number of alkyl halides is 1. The second-order valence-corrected chi connectivity index (χ2v) is 3.00. The average molecular weight is 185 g/mol. The fourth-order valence-corrected chi connectivity index (χ4v) is 1.11. The maximum Gasteiger partial charge on any atom is 0.143 e. The molecule has 0 bridgehead atoms. The summed E-state index contributed by atoms with van der Waals surface area (Å²) in [5.74, 6) is -0.489. The molecule has 0 aliphatic rings. The van der Waals surface area contributed by atoms with E-state index in [0.717, 1.165) is 0 Å². The highest BCUT2D eigenvalue weighted by Gasteiger charge is 2.19. The van der Waals surface area contributed by atoms with E-state index < -0.39 is 12.0 Å². The molecule has 1 rings (SSSR count). The van der Waals surface area contributed by atoms with Crippen LogP contribution in [0.4, 0.5) is 8.78 Å². The van der Waals surface area contributed by atoms with Crippen LogP contribution in [-0.4, -0.2) is 13.1 Å². The van der Waals surface area contributed by atoms with Crippen molar-refractivity contribution in [1.29, 1.82) is 0 Å². The summed E-state index contributed by atoms with van der Waals surface area (Å²) in [5.41, 5.74) is 0.115. The Labute approximate surface area is 76.8 Å². The number of hydrogen-bond donors (Lipinski definition) is 1. The van der Waals surface area contributed by atoms with Crippen LogP contribution in [0, 0.1) is 5.82 Å². The maximum atomic E-state index is 13.5. The van der Waals surface area contributed by atoms with Gasteiger partial charge in [-0.1, -0.05) is 18.2 Å². The molecule has 13 heavy (non-hydrogen) atoms. The van der Waals surface area contributed by atoms with Crippen molar-refractivity contribution in [2.24, 2.45) is 0 Å². The monoisotopic (exact) mass is 185 g/mol. The summed E-state index contributed by atoms with van der Waals surface area (Å²) >= 11 is 0. The van der Waals surface area contributed by atoms with Crippen LogP contribution in [-0.2, 0) is 0 Å². The van der Waals surface area contributed by atoms with Gasteiger partial charge in [-0.25, -0.2) is 8.78 Å². The van der Waals surface area contributed by atoms with Gasteiger partial charge in [-0.2, -0.15) is 0 Å². The zero-order valence-electron chi connectivity index (χ0n) is 7.72. The molecular formula is C10H13F2N. The highest BCUT2D eigenvalue weighted by molar-refractivity contribution is 5.20. The zero-order chi connectivity index (χ0) is 9.84. The van der Waals surface area contributed by atoms with Gasteiger partial charge in [-0.3, -0.25) is 0 Å². The third-order valence-corrected chi connectivity index (χ3v) is 2.10. The quantitative estimate of drug-likeness (QED) is 0.762. The first-order valence-electron chi connectivity index (χ1n) is 4.22. The Morgan fingerprint density at radius 1 is 1.31 bits per heavy atom. The second-order valence-electron chi connectivity index (χ2n) is 3.00. The fraction of sp³-hybridized carbons (Fsp3) is 0.400. The van der Waals surface area contributed by atoms with Gasteiger partial charge in [-0.15, -0.1) is 0 Å². The standard InChI is InChI=1S/C10H13F2N/c1-7(13-2)10(12)8-5-3-4-6-9(8)11/h3-7,10,13H,1-2H3. The van der Waals surface area contributed by atoms with E-state index in [1.54, 1.807) is 26.1 Å². The molecule has 1 N–H and O–H groups in total. The lowest BCUT2D eigenvalue weighted by molar-refractivity contribution is 0.267. The molecule has 0 aliphatic carbocycles. The third kappa shape index (κ3) is 2.25. The van der Waals surface area contributed by atoms with E-state index in [2.05, 4.69) is 5.32 Å². The van der Waals surface area contributed by atoms with Gasteiger partial charge in [0.15, 0.2) is 0 Å². The largest absolute Gasteiger partial charge is 0.314 e. The average Bonchev–Trinajstić information content (AvgIpc) is 2.16. The van der Waals surface area contributed by atoms with Crippen molar-refractivity contribution in [1.82, 2.24) is 5.32 Å². The Kier molecular flexibility index (Phi) is 3.37. The minimum absolute atomic E-state index is 0.115. The van der Waals surface area contributed by atoms with E-state index >= 15 is 0 Å². The third-order valence-electron chi connectivity index (χ3n) is 2.10. The van der Waals surface area contributed by atoms with Gasteiger partial charge in [0.25, 0.3) is 0 Å². The molecule has 1 aromatic rings. The van der Waals surface area contributed by atoms with Gasteiger partial charge in [0, 0.05) is 11.6 Å². The molecule has 0 aliphatic heterocycles. The van der Waals surface area contributed by atoms with Crippen LogP contribution in [0.3, 0.4) is 0 Å². The number of nitrogens with one attached hydrogen (secondary N) is 1. The summed E-state index contributed by atoms with van der Waals surface area (Å²) in [6.45, 7) is 1.68. The highest BCUT2D eigenvalue weighted by Crippen LogP contribution is 2.23. The summed E-state index contributed by atoms with van der Waals surface area (Å²) < 4.78 is 26.6. The van der Waals surface area contributed by atoms with Gasteiger partial charge in [0.05, 0.1) is 0 Å². The van der Waals surface area contributed by atoms with Crippen LogP contribution in [0.25, 0.3) is 0 Å². The number of halogens is 2. The number of likely N-dealkylation sites (N-methyl/N-ethyl adjacent to an activating group) is 1. The Hall–Kier alpha value is -0.960. The first kappa shape index (κ1) is 10.1. The van der Waals surface area contributed by atoms with Gasteiger partial charge >= 0.3 is 0 Å². The Morgan fingerprint density at radius 3 is 2.46 bits per heavy atom. The van der Waals surface area contributed by atoms with Crippen LogP contribution < -0.4 is 5.32 Å². The number of rotatable bonds is 3. The smallest absolute Gasteiger partial charge is 0.143 e. The molecule has 0 heterocycles. The van der Waals surface area contributed by atoms with Gasteiger partial charge in [0.1, 0.15) is 12.0 Å². The highest BCUT2D eigenvalue weighted by atomic mass is 19.1. The molecular weight excluding hydrogens is 172 g/mol. The Balaban J connectivity index is 2.88. The van der Waals surface area contributed by atoms with Gasteiger partial charge in [0.2, 0.25) is 0 Å². The van der Waals surface area contributed by atoms with E-state index in [-0.39, 0.29) is 11.6 Å². The topological polar surface area (TPSA) is 12.0 Å². The predicted molar refractivity (Wildman–Crippen MR) is 48.8 cm³/mol. The van der Waals surface area contributed by atoms with Crippen LogP contribution in [0.15, 0.2) is 24.3 Å². The van der Waals surface area contributed by atoms with Crippen molar-refractivity contribution in [2.75, 3.05) is 7.05 Å². The normalized spacial score (nSPS) is 15.4. The maximum absolute atomic E-state index is 13.5. The van der Waals surface area contributed by atoms with Crippen molar-refractivity contribution in [3.8, 4) is 0 Å². The zero-order valence-corrected chi connectivity index (χ0v) is 7.72. The fourth-order valence-electron chi connectivity index (χ4n) is 1.11. The second kappa shape index (κ2) is 4.33. The Morgan fingerprint density at radius 2 is 1.92 bits per heavy atom. The Bertz CT molecular complexity index is 275. The summed E-state index contributed by atoms with van der Waals surface area (Å²) in [7, 11) is 1.65. The lowest BCUT2D eigenvalue weighted by Crippen LogP contribution is -2.26. The molecule has 0 saturated carbocycles. The molecule has 0 fully saturated rings. The van der Waals surface area contributed by atoms with Crippen molar-refractivity contribution < 1.29 is 8.78 Å². The first-order valence-corrected chi connectivity index (χ1v) is 4.22. The number of benzene rings is 1. The molecule has 0 aromatic heterocycles. The van der Waals surface area contributed by atoms with Gasteiger partial charge in [-0.05, 0) is 20.0 Å². The molecule has 2 unspecified atom stereocenters. The van der Waals surface area contributed by atoms with Crippen LogP contribution >= 0.6 is 0 Å². The summed E-state index contributed by atoms with van der Waals surface area (Å²) in [4.78, 5) is 0. The lowest BCUT2D eigenvalue weighted by Gasteiger charge is -2.16. The summed E-state index contributed by atoms with van der Waals surface area (Å²) in [6, 6.07) is 5.54. The molecule has 0 amide bonds. The van der Waals surface area contributed by atoms with Crippen LogP contribution in [0.2, 0.25) is 0 Å². The summed E-state index contributed by atoms with van der Waals surface area (Å²) in [5, 5.41) is 2.75. The van der Waals surface area contributed by atoms with Crippen LogP contribution in [0.1, 0.15) is 18.7 Å². The SMILES string of the molecule is CNC(C)C(F)c1ccccc1F. The molecule has 1 nitrogen and oxygen atoms in total. The molecule has 0 saturated heterocycles. The molecule has 72 valence electrons.